The third kappa shape index (κ3) is 4.71. The molecule has 1 aliphatic heterocycles. The van der Waals surface area contributed by atoms with Crippen molar-refractivity contribution in [2.45, 2.75) is 25.8 Å². The Labute approximate surface area is 151 Å². The van der Waals surface area contributed by atoms with E-state index >= 15 is 0 Å². The standard InChI is InChI=1S/C19H25N2.HI/c1-21(14-6-3-7-15-21)16-17-10-12-19(13-11-17)20-18-8-4-2-5-9-18;/h2,4-5,8-13,20H,3,6-7,14-16H2,1H3;1H/q+1;/p-1. The van der Waals surface area contributed by atoms with Crippen LogP contribution in [0.5, 0.6) is 0 Å². The van der Waals surface area contributed by atoms with Gasteiger partial charge in [0.15, 0.2) is 0 Å². The van der Waals surface area contributed by atoms with E-state index in [-0.39, 0.29) is 24.0 Å². The summed E-state index contributed by atoms with van der Waals surface area (Å²) in [5.41, 5.74) is 3.74. The maximum Gasteiger partial charge on any atom is 0.104 e. The first-order valence-electron chi connectivity index (χ1n) is 7.98. The zero-order valence-electron chi connectivity index (χ0n) is 13.3. The summed E-state index contributed by atoms with van der Waals surface area (Å²) in [4.78, 5) is 0. The Hall–Kier alpha value is -1.07. The van der Waals surface area contributed by atoms with Gasteiger partial charge in [0, 0.05) is 16.9 Å². The number of anilines is 2. The summed E-state index contributed by atoms with van der Waals surface area (Å²) in [5, 5.41) is 3.44. The van der Waals surface area contributed by atoms with Gasteiger partial charge in [-0.3, -0.25) is 0 Å². The van der Waals surface area contributed by atoms with Gasteiger partial charge in [-0.1, -0.05) is 30.3 Å². The molecule has 0 saturated carbocycles. The molecule has 1 N–H and O–H groups in total. The van der Waals surface area contributed by atoms with Crippen LogP contribution in [-0.4, -0.2) is 24.6 Å². The monoisotopic (exact) mass is 408 g/mol. The van der Waals surface area contributed by atoms with Gasteiger partial charge in [-0.2, -0.15) is 0 Å². The predicted molar refractivity (Wildman–Crippen MR) is 89.6 cm³/mol. The third-order valence-electron chi connectivity index (χ3n) is 4.48. The Balaban J connectivity index is 0.00000176. The molecule has 0 aliphatic carbocycles. The highest BCUT2D eigenvalue weighted by atomic mass is 127. The number of para-hydroxylation sites is 1. The second-order valence-corrected chi connectivity index (χ2v) is 6.47. The van der Waals surface area contributed by atoms with Crippen molar-refractivity contribution in [1.29, 1.82) is 0 Å². The van der Waals surface area contributed by atoms with Gasteiger partial charge in [-0.05, 0) is 43.5 Å². The number of hydrogen-bond donors (Lipinski definition) is 1. The minimum absolute atomic E-state index is 0. The lowest BCUT2D eigenvalue weighted by molar-refractivity contribution is -0.926. The van der Waals surface area contributed by atoms with E-state index in [0.29, 0.717) is 0 Å². The molecule has 2 aromatic carbocycles. The first kappa shape index (κ1) is 17.3. The van der Waals surface area contributed by atoms with Crippen LogP contribution in [0.25, 0.3) is 0 Å². The molecule has 1 heterocycles. The summed E-state index contributed by atoms with van der Waals surface area (Å²) in [5.74, 6) is 0. The van der Waals surface area contributed by atoms with Crippen LogP contribution in [0.1, 0.15) is 24.8 Å². The molecule has 1 fully saturated rings. The van der Waals surface area contributed by atoms with Crippen LogP contribution >= 0.6 is 0 Å². The molecule has 0 amide bonds. The normalized spacial score (nSPS) is 16.6. The molecule has 0 bridgehead atoms. The molecule has 1 saturated heterocycles. The minimum Gasteiger partial charge on any atom is -1.00 e. The molecule has 0 aromatic heterocycles. The van der Waals surface area contributed by atoms with E-state index in [2.05, 4.69) is 60.9 Å². The van der Waals surface area contributed by atoms with Gasteiger partial charge in [0.1, 0.15) is 6.54 Å². The van der Waals surface area contributed by atoms with Gasteiger partial charge in [0.2, 0.25) is 0 Å². The van der Waals surface area contributed by atoms with Crippen molar-refractivity contribution in [1.82, 2.24) is 0 Å². The fraction of sp³-hybridized carbons (Fsp3) is 0.368. The van der Waals surface area contributed by atoms with E-state index in [9.17, 15) is 0 Å². The number of likely N-dealkylation sites (tertiary alicyclic amines) is 1. The topological polar surface area (TPSA) is 12.0 Å². The van der Waals surface area contributed by atoms with Crippen molar-refractivity contribution in [3.63, 3.8) is 0 Å². The highest BCUT2D eigenvalue weighted by Gasteiger charge is 2.24. The summed E-state index contributed by atoms with van der Waals surface area (Å²) < 4.78 is 1.20. The van der Waals surface area contributed by atoms with E-state index in [0.717, 1.165) is 17.9 Å². The highest BCUT2D eigenvalue weighted by Crippen LogP contribution is 2.22. The van der Waals surface area contributed by atoms with Gasteiger partial charge in [-0.25, -0.2) is 0 Å². The lowest BCUT2D eigenvalue weighted by Crippen LogP contribution is -3.00. The molecular formula is C19H25IN2. The van der Waals surface area contributed by atoms with Crippen molar-refractivity contribution in [2.24, 2.45) is 0 Å². The maximum atomic E-state index is 3.44. The second kappa shape index (κ2) is 7.97. The van der Waals surface area contributed by atoms with Crippen molar-refractivity contribution >= 4 is 11.4 Å². The fourth-order valence-corrected chi connectivity index (χ4v) is 3.26. The van der Waals surface area contributed by atoms with E-state index < -0.39 is 0 Å². The van der Waals surface area contributed by atoms with Crippen molar-refractivity contribution < 1.29 is 28.5 Å². The zero-order valence-corrected chi connectivity index (χ0v) is 15.4. The van der Waals surface area contributed by atoms with Gasteiger partial charge >= 0.3 is 0 Å². The molecule has 118 valence electrons. The number of nitrogens with zero attached hydrogens (tertiary/aromatic N) is 1. The van der Waals surface area contributed by atoms with Crippen molar-refractivity contribution in [3.8, 4) is 0 Å². The highest BCUT2D eigenvalue weighted by molar-refractivity contribution is 5.59. The lowest BCUT2D eigenvalue weighted by Gasteiger charge is -2.37. The SMILES string of the molecule is C[N+]1(Cc2ccc(Nc3ccccc3)cc2)CCCCC1.[I-]. The Morgan fingerprint density at radius 3 is 2.05 bits per heavy atom. The average Bonchev–Trinajstić information content (AvgIpc) is 2.51. The largest absolute Gasteiger partial charge is 1.00 e. The van der Waals surface area contributed by atoms with Gasteiger partial charge in [0.05, 0.1) is 20.1 Å². The number of piperidine rings is 1. The number of hydrogen-bond acceptors (Lipinski definition) is 1. The van der Waals surface area contributed by atoms with Crippen LogP contribution in [-0.2, 0) is 6.54 Å². The van der Waals surface area contributed by atoms with Crippen molar-refractivity contribution in [3.05, 3.63) is 60.2 Å². The number of benzene rings is 2. The summed E-state index contributed by atoms with van der Waals surface area (Å²) in [6, 6.07) is 19.2. The summed E-state index contributed by atoms with van der Waals surface area (Å²) in [6.07, 6.45) is 4.17. The van der Waals surface area contributed by atoms with Crippen LogP contribution in [0.2, 0.25) is 0 Å². The number of rotatable bonds is 4. The maximum absolute atomic E-state index is 3.44. The Morgan fingerprint density at radius 2 is 1.41 bits per heavy atom. The Morgan fingerprint density at radius 1 is 0.818 bits per heavy atom. The smallest absolute Gasteiger partial charge is 0.104 e. The first-order valence-corrected chi connectivity index (χ1v) is 7.98. The summed E-state index contributed by atoms with van der Waals surface area (Å²) >= 11 is 0. The molecule has 0 spiro atoms. The molecule has 3 rings (SSSR count). The molecular weight excluding hydrogens is 383 g/mol. The number of halogens is 1. The fourth-order valence-electron chi connectivity index (χ4n) is 3.26. The molecule has 0 unspecified atom stereocenters. The lowest BCUT2D eigenvalue weighted by atomic mass is 10.1. The van der Waals surface area contributed by atoms with E-state index in [4.69, 9.17) is 0 Å². The Bertz CT molecular complexity index is 560. The minimum atomic E-state index is 0. The number of quaternary nitrogens is 1. The predicted octanol–water partition coefficient (Wildman–Crippen LogP) is 1.56. The van der Waals surface area contributed by atoms with E-state index in [1.807, 2.05) is 6.07 Å². The van der Waals surface area contributed by atoms with Gasteiger partial charge in [0.25, 0.3) is 0 Å². The van der Waals surface area contributed by atoms with Crippen LogP contribution in [0.15, 0.2) is 54.6 Å². The molecule has 3 heteroatoms. The van der Waals surface area contributed by atoms with Crippen LogP contribution in [0.3, 0.4) is 0 Å². The summed E-state index contributed by atoms with van der Waals surface area (Å²) in [7, 11) is 2.40. The van der Waals surface area contributed by atoms with Crippen LogP contribution in [0.4, 0.5) is 11.4 Å². The molecule has 0 atom stereocenters. The summed E-state index contributed by atoms with van der Waals surface area (Å²) in [6.45, 7) is 3.81. The molecule has 2 aromatic rings. The Kier molecular flexibility index (Phi) is 6.26. The third-order valence-corrected chi connectivity index (χ3v) is 4.48. The molecule has 22 heavy (non-hydrogen) atoms. The van der Waals surface area contributed by atoms with Crippen molar-refractivity contribution in [2.75, 3.05) is 25.5 Å². The van der Waals surface area contributed by atoms with Crippen LogP contribution in [0, 0.1) is 0 Å². The van der Waals surface area contributed by atoms with Crippen LogP contribution < -0.4 is 29.3 Å². The average molecular weight is 408 g/mol. The second-order valence-electron chi connectivity index (χ2n) is 6.47. The zero-order chi connectivity index (χ0) is 14.5. The van der Waals surface area contributed by atoms with Gasteiger partial charge < -0.3 is 33.8 Å². The molecule has 2 nitrogen and oxygen atoms in total. The quantitative estimate of drug-likeness (QED) is 0.599. The molecule has 0 radical (unpaired) electrons. The van der Waals surface area contributed by atoms with Gasteiger partial charge in [-0.15, -0.1) is 0 Å². The number of nitrogens with one attached hydrogen (secondary N) is 1. The van der Waals surface area contributed by atoms with E-state index in [1.54, 1.807) is 0 Å². The van der Waals surface area contributed by atoms with E-state index in [1.165, 1.54) is 42.4 Å². The first-order chi connectivity index (χ1) is 10.2. The molecule has 1 aliphatic rings.